The van der Waals surface area contributed by atoms with Crippen LogP contribution in [0, 0.1) is 11.8 Å². The zero-order valence-corrected chi connectivity index (χ0v) is 25.9. The van der Waals surface area contributed by atoms with Gasteiger partial charge >= 0.3 is 5.97 Å². The molecular weight excluding hydrogens is 609 g/mol. The Bertz CT molecular complexity index is 1720. The van der Waals surface area contributed by atoms with Crippen molar-refractivity contribution < 1.29 is 23.9 Å². The zero-order chi connectivity index (χ0) is 31.5. The van der Waals surface area contributed by atoms with Crippen LogP contribution in [0.15, 0.2) is 109 Å². The number of esters is 1. The Morgan fingerprint density at radius 1 is 0.711 bits per heavy atom. The van der Waals surface area contributed by atoms with E-state index >= 15 is 0 Å². The average molecular weight is 639 g/mol. The number of alkyl halides is 2. The largest absolute Gasteiger partial charge is 0.452 e. The molecule has 0 saturated carbocycles. The molecule has 0 N–H and O–H groups in total. The summed E-state index contributed by atoms with van der Waals surface area (Å²) in [5.74, 6) is -4.50. The van der Waals surface area contributed by atoms with Gasteiger partial charge < -0.3 is 4.74 Å². The maximum absolute atomic E-state index is 14.6. The molecule has 4 aromatic rings. The van der Waals surface area contributed by atoms with Crippen molar-refractivity contribution in [3.8, 4) is 0 Å². The highest BCUT2D eigenvalue weighted by atomic mass is 35.5. The van der Waals surface area contributed by atoms with Gasteiger partial charge in [-0.25, -0.2) is 4.79 Å². The third-order valence-electron chi connectivity index (χ3n) is 9.45. The standard InChI is InChI=1S/C37H29Cl2NO5/c1-2-29(32(41)23-15-7-4-8-16-23)45-35(44)28(21-22-13-5-3-6-14-22)40-33(42)30-31(34(40)43)37(39)25-18-10-9-17-24(25)36(30,38)26-19-11-12-20-27(26)37/h3-20,28-31H,2,21H2,1H3/t28-,29-,30+,31+,36?,37?/m0/s1. The number of carbonyl (C=O) groups excluding carboxylic acids is 4. The second kappa shape index (κ2) is 11.0. The molecule has 1 heterocycles. The summed E-state index contributed by atoms with van der Waals surface area (Å²) in [4.78, 5) is 55.0. The van der Waals surface area contributed by atoms with Gasteiger partial charge in [0.05, 0.1) is 11.8 Å². The van der Waals surface area contributed by atoms with E-state index in [9.17, 15) is 19.2 Å². The Kier molecular flexibility index (Phi) is 7.18. The van der Waals surface area contributed by atoms with Crippen LogP contribution >= 0.6 is 23.2 Å². The molecule has 2 bridgehead atoms. The Balaban J connectivity index is 1.32. The van der Waals surface area contributed by atoms with E-state index in [4.69, 9.17) is 27.9 Å². The van der Waals surface area contributed by atoms with Gasteiger partial charge in [-0.3, -0.25) is 19.3 Å². The van der Waals surface area contributed by atoms with Gasteiger partial charge in [-0.15, -0.1) is 23.2 Å². The molecule has 3 aliphatic carbocycles. The predicted octanol–water partition coefficient (Wildman–Crippen LogP) is 6.40. The molecule has 1 saturated heterocycles. The van der Waals surface area contributed by atoms with Gasteiger partial charge in [0.2, 0.25) is 17.6 Å². The first-order valence-corrected chi connectivity index (χ1v) is 15.8. The highest BCUT2D eigenvalue weighted by molar-refractivity contribution is 6.36. The third-order valence-corrected chi connectivity index (χ3v) is 10.7. The molecule has 0 unspecified atom stereocenters. The molecule has 4 aliphatic rings. The molecule has 226 valence electrons. The molecule has 6 nitrogen and oxygen atoms in total. The minimum Gasteiger partial charge on any atom is -0.452 e. The quantitative estimate of drug-likeness (QED) is 0.0967. The van der Waals surface area contributed by atoms with E-state index in [-0.39, 0.29) is 18.6 Å². The van der Waals surface area contributed by atoms with Gasteiger partial charge in [0.1, 0.15) is 15.8 Å². The zero-order valence-electron chi connectivity index (χ0n) is 24.4. The number of carbonyl (C=O) groups is 4. The summed E-state index contributed by atoms with van der Waals surface area (Å²) >= 11 is 15.2. The van der Waals surface area contributed by atoms with Crippen LogP contribution in [0.5, 0.6) is 0 Å². The van der Waals surface area contributed by atoms with Crippen LogP contribution in [0.2, 0.25) is 0 Å². The summed E-state index contributed by atoms with van der Waals surface area (Å²) in [7, 11) is 0. The monoisotopic (exact) mass is 637 g/mol. The normalized spacial score (nSPS) is 25.6. The first-order chi connectivity index (χ1) is 21.7. The number of hydrogen-bond donors (Lipinski definition) is 0. The molecule has 0 aromatic heterocycles. The molecule has 0 radical (unpaired) electrons. The summed E-state index contributed by atoms with van der Waals surface area (Å²) < 4.78 is 5.86. The van der Waals surface area contributed by atoms with E-state index in [1.165, 1.54) is 0 Å². The average Bonchev–Trinajstić information content (AvgIpc) is 3.35. The van der Waals surface area contributed by atoms with Gasteiger partial charge in [-0.05, 0) is 34.2 Å². The van der Waals surface area contributed by atoms with E-state index in [1.54, 1.807) is 37.3 Å². The Hall–Kier alpha value is -4.26. The lowest BCUT2D eigenvalue weighted by Gasteiger charge is -2.54. The molecule has 4 atom stereocenters. The van der Waals surface area contributed by atoms with Crippen molar-refractivity contribution in [1.29, 1.82) is 0 Å². The van der Waals surface area contributed by atoms with E-state index < -0.39 is 51.5 Å². The SMILES string of the molecule is CC[C@H](OC(=O)[C@H](Cc1ccccc1)N1C(=O)[C@H]2[C@H](C1=O)C1(Cl)c3ccccc3C2(Cl)c2ccccc21)C(=O)c1ccccc1. The number of likely N-dealkylation sites (tertiary alicyclic amines) is 1. The van der Waals surface area contributed by atoms with Crippen LogP contribution in [0.4, 0.5) is 0 Å². The number of Topliss-reactive ketones (excluding diaryl/α,β-unsaturated/α-hetero) is 1. The number of ether oxygens (including phenoxy) is 1. The Morgan fingerprint density at radius 2 is 1.13 bits per heavy atom. The second-order valence-electron chi connectivity index (χ2n) is 11.8. The van der Waals surface area contributed by atoms with Crippen molar-refractivity contribution in [2.45, 2.75) is 41.7 Å². The van der Waals surface area contributed by atoms with Gasteiger partial charge in [0.15, 0.2) is 6.10 Å². The van der Waals surface area contributed by atoms with Crippen molar-refractivity contribution in [3.05, 3.63) is 143 Å². The molecule has 1 aliphatic heterocycles. The van der Waals surface area contributed by atoms with Gasteiger partial charge in [-0.2, -0.15) is 0 Å². The summed E-state index contributed by atoms with van der Waals surface area (Å²) in [6.07, 6.45) is -0.890. The maximum Gasteiger partial charge on any atom is 0.330 e. The summed E-state index contributed by atoms with van der Waals surface area (Å²) in [5.41, 5.74) is 3.81. The molecule has 2 amide bonds. The first-order valence-electron chi connectivity index (χ1n) is 15.0. The van der Waals surface area contributed by atoms with Crippen molar-refractivity contribution in [2.24, 2.45) is 11.8 Å². The third kappa shape index (κ3) is 4.23. The Morgan fingerprint density at radius 3 is 1.58 bits per heavy atom. The highest BCUT2D eigenvalue weighted by Crippen LogP contribution is 2.69. The van der Waals surface area contributed by atoms with Crippen molar-refractivity contribution in [2.75, 3.05) is 0 Å². The number of amides is 2. The number of halogens is 2. The maximum atomic E-state index is 14.6. The number of benzene rings is 4. The highest BCUT2D eigenvalue weighted by Gasteiger charge is 2.73. The van der Waals surface area contributed by atoms with Crippen LogP contribution in [0.1, 0.15) is 51.5 Å². The molecule has 0 spiro atoms. The van der Waals surface area contributed by atoms with Gasteiger partial charge in [-0.1, -0.05) is 116 Å². The lowest BCUT2D eigenvalue weighted by molar-refractivity contribution is -0.161. The lowest BCUT2D eigenvalue weighted by Crippen LogP contribution is -2.57. The van der Waals surface area contributed by atoms with Crippen LogP contribution in [0.25, 0.3) is 0 Å². The van der Waals surface area contributed by atoms with Crippen LogP contribution in [0.3, 0.4) is 0 Å². The summed E-state index contributed by atoms with van der Waals surface area (Å²) in [5, 5.41) is 0. The molecule has 8 heteroatoms. The lowest BCUT2D eigenvalue weighted by atomic mass is 9.54. The fourth-order valence-electron chi connectivity index (χ4n) is 7.44. The Labute approximate surface area is 270 Å². The van der Waals surface area contributed by atoms with Gasteiger partial charge in [0, 0.05) is 12.0 Å². The van der Waals surface area contributed by atoms with E-state index in [2.05, 4.69) is 0 Å². The number of hydrogen-bond acceptors (Lipinski definition) is 5. The summed E-state index contributed by atoms with van der Waals surface area (Å²) in [6.45, 7) is 1.74. The van der Waals surface area contributed by atoms with Crippen molar-refractivity contribution in [1.82, 2.24) is 4.90 Å². The van der Waals surface area contributed by atoms with E-state index in [1.807, 2.05) is 78.9 Å². The number of nitrogens with zero attached hydrogens (tertiary/aromatic N) is 1. The van der Waals surface area contributed by atoms with E-state index in [0.29, 0.717) is 33.4 Å². The van der Waals surface area contributed by atoms with E-state index in [0.717, 1.165) is 4.90 Å². The molecular formula is C37H29Cl2NO5. The minimum absolute atomic E-state index is 0.00295. The van der Waals surface area contributed by atoms with Crippen LogP contribution in [-0.4, -0.2) is 40.6 Å². The fourth-order valence-corrected chi connectivity index (χ4v) is 8.54. The van der Waals surface area contributed by atoms with Crippen molar-refractivity contribution >= 4 is 46.8 Å². The van der Waals surface area contributed by atoms with Crippen LogP contribution < -0.4 is 0 Å². The number of rotatable bonds is 8. The molecule has 8 rings (SSSR count). The van der Waals surface area contributed by atoms with Crippen LogP contribution in [-0.2, 0) is 35.3 Å². The first kappa shape index (κ1) is 29.5. The summed E-state index contributed by atoms with van der Waals surface area (Å²) in [6, 6.07) is 31.1. The number of ketones is 1. The molecule has 45 heavy (non-hydrogen) atoms. The smallest absolute Gasteiger partial charge is 0.330 e. The fraction of sp³-hybridized carbons (Fsp3) is 0.243. The second-order valence-corrected chi connectivity index (χ2v) is 13.0. The topological polar surface area (TPSA) is 80.8 Å². The number of imide groups is 1. The minimum atomic E-state index is -1.38. The van der Waals surface area contributed by atoms with Crippen molar-refractivity contribution in [3.63, 3.8) is 0 Å². The molecule has 1 fully saturated rings. The molecule has 4 aromatic carbocycles. The predicted molar refractivity (Wildman–Crippen MR) is 170 cm³/mol. The van der Waals surface area contributed by atoms with Gasteiger partial charge in [0.25, 0.3) is 0 Å².